The molecule has 2 rings (SSSR count). The number of hydrogen-bond donors (Lipinski definition) is 1. The van der Waals surface area contributed by atoms with Crippen molar-refractivity contribution in [3.05, 3.63) is 68.7 Å². The molecule has 2 aromatic carbocycles. The minimum absolute atomic E-state index is 0.0275. The predicted octanol–water partition coefficient (Wildman–Crippen LogP) is 2.93. The number of nitro groups is 1. The summed E-state index contributed by atoms with van der Waals surface area (Å²) in [5.74, 6) is -0.554. The molecule has 2 aromatic rings. The third-order valence-electron chi connectivity index (χ3n) is 2.78. The van der Waals surface area contributed by atoms with E-state index in [9.17, 15) is 14.9 Å². The minimum atomic E-state index is -0.588. The highest BCUT2D eigenvalue weighted by Crippen LogP contribution is 2.30. The molecule has 21 heavy (non-hydrogen) atoms. The topological polar surface area (TPSA) is 95.5 Å². The number of primary amides is 1. The van der Waals surface area contributed by atoms with Gasteiger partial charge in [0.15, 0.2) is 5.75 Å². The summed E-state index contributed by atoms with van der Waals surface area (Å²) in [6.07, 6.45) is 0. The van der Waals surface area contributed by atoms with Gasteiger partial charge in [0.25, 0.3) is 0 Å². The zero-order chi connectivity index (χ0) is 15.4. The van der Waals surface area contributed by atoms with E-state index in [0.717, 1.165) is 0 Å². The lowest BCUT2D eigenvalue weighted by molar-refractivity contribution is -0.385. The van der Waals surface area contributed by atoms with Gasteiger partial charge >= 0.3 is 5.69 Å². The molecule has 0 aliphatic heterocycles. The van der Waals surface area contributed by atoms with Gasteiger partial charge in [-0.05, 0) is 12.1 Å². The van der Waals surface area contributed by atoms with E-state index >= 15 is 0 Å². The number of nitrogens with zero attached hydrogens (tertiary/aromatic N) is 1. The Morgan fingerprint density at radius 2 is 2.00 bits per heavy atom. The van der Waals surface area contributed by atoms with Crippen LogP contribution in [0.3, 0.4) is 0 Å². The fourth-order valence-electron chi connectivity index (χ4n) is 1.80. The maximum Gasteiger partial charge on any atom is 0.311 e. The van der Waals surface area contributed by atoms with Crippen LogP contribution in [0.25, 0.3) is 0 Å². The summed E-state index contributed by atoms with van der Waals surface area (Å²) in [5.41, 5.74) is 5.91. The molecular formula is C14H11ClN2O4. The lowest BCUT2D eigenvalue weighted by Gasteiger charge is -2.09. The average Bonchev–Trinajstić information content (AvgIpc) is 2.45. The summed E-state index contributed by atoms with van der Waals surface area (Å²) in [5, 5.41) is 11.2. The van der Waals surface area contributed by atoms with E-state index in [1.165, 1.54) is 18.2 Å². The van der Waals surface area contributed by atoms with Crippen LogP contribution < -0.4 is 10.5 Å². The molecule has 108 valence electrons. The fourth-order valence-corrected chi connectivity index (χ4v) is 1.96. The van der Waals surface area contributed by atoms with Gasteiger partial charge in [-0.15, -0.1) is 0 Å². The van der Waals surface area contributed by atoms with Crippen molar-refractivity contribution in [2.24, 2.45) is 5.73 Å². The normalized spacial score (nSPS) is 10.1. The highest BCUT2D eigenvalue weighted by molar-refractivity contribution is 6.30. The molecule has 0 fully saturated rings. The summed E-state index contributed by atoms with van der Waals surface area (Å²) in [6, 6.07) is 10.6. The van der Waals surface area contributed by atoms with Gasteiger partial charge in [0, 0.05) is 28.3 Å². The van der Waals surface area contributed by atoms with Crippen molar-refractivity contribution in [3.63, 3.8) is 0 Å². The van der Waals surface area contributed by atoms with Crippen LogP contribution in [0.5, 0.6) is 5.75 Å². The molecule has 0 saturated heterocycles. The van der Waals surface area contributed by atoms with Crippen molar-refractivity contribution >= 4 is 23.2 Å². The summed E-state index contributed by atoms with van der Waals surface area (Å²) in [7, 11) is 0. The van der Waals surface area contributed by atoms with Gasteiger partial charge in [-0.2, -0.15) is 0 Å². The maximum absolute atomic E-state index is 11.3. The molecule has 2 N–H and O–H groups in total. The zero-order valence-corrected chi connectivity index (χ0v) is 11.5. The molecular weight excluding hydrogens is 296 g/mol. The zero-order valence-electron chi connectivity index (χ0n) is 10.8. The first-order chi connectivity index (χ1) is 9.99. The number of carbonyl (C=O) groups is 1. The molecule has 0 heterocycles. The molecule has 0 spiro atoms. The Bertz CT molecular complexity index is 703. The molecule has 6 nitrogen and oxygen atoms in total. The van der Waals surface area contributed by atoms with Crippen molar-refractivity contribution < 1.29 is 14.5 Å². The molecule has 0 unspecified atom stereocenters. The van der Waals surface area contributed by atoms with E-state index in [1.54, 1.807) is 24.3 Å². The Hall–Kier alpha value is -2.60. The third kappa shape index (κ3) is 3.49. The van der Waals surface area contributed by atoms with Crippen LogP contribution in [0.15, 0.2) is 42.5 Å². The van der Waals surface area contributed by atoms with Gasteiger partial charge < -0.3 is 10.5 Å². The number of hydrogen-bond acceptors (Lipinski definition) is 4. The van der Waals surface area contributed by atoms with Gasteiger partial charge in [0.05, 0.1) is 4.92 Å². The summed E-state index contributed by atoms with van der Waals surface area (Å²) in [6.45, 7) is -0.0275. The van der Waals surface area contributed by atoms with Gasteiger partial charge in [0.2, 0.25) is 5.91 Å². The van der Waals surface area contributed by atoms with Crippen LogP contribution in [0, 0.1) is 10.1 Å². The average molecular weight is 307 g/mol. The van der Waals surface area contributed by atoms with Crippen molar-refractivity contribution in [2.45, 2.75) is 6.61 Å². The first kappa shape index (κ1) is 14.8. The number of amides is 1. The Labute approximate surface area is 125 Å². The molecule has 0 aliphatic carbocycles. The monoisotopic (exact) mass is 306 g/mol. The SMILES string of the molecule is NC(=O)c1ccccc1COc1cc(Cl)ccc1[N+](=O)[O-]. The predicted molar refractivity (Wildman–Crippen MR) is 77.4 cm³/mol. The van der Waals surface area contributed by atoms with Gasteiger partial charge in [-0.3, -0.25) is 14.9 Å². The lowest BCUT2D eigenvalue weighted by atomic mass is 10.1. The first-order valence-electron chi connectivity index (χ1n) is 5.93. The van der Waals surface area contributed by atoms with E-state index in [1.807, 2.05) is 0 Å². The van der Waals surface area contributed by atoms with Crippen LogP contribution in [-0.4, -0.2) is 10.8 Å². The molecule has 0 radical (unpaired) electrons. The number of nitro benzene ring substituents is 1. The molecule has 7 heteroatoms. The lowest BCUT2D eigenvalue weighted by Crippen LogP contribution is -2.14. The van der Waals surface area contributed by atoms with E-state index in [-0.39, 0.29) is 18.0 Å². The fraction of sp³-hybridized carbons (Fsp3) is 0.0714. The molecule has 0 atom stereocenters. The number of carbonyl (C=O) groups excluding carboxylic acids is 1. The van der Waals surface area contributed by atoms with Crippen molar-refractivity contribution in [1.82, 2.24) is 0 Å². The van der Waals surface area contributed by atoms with Crippen LogP contribution in [-0.2, 0) is 6.61 Å². The van der Waals surface area contributed by atoms with Gasteiger partial charge in [-0.1, -0.05) is 29.8 Å². The number of ether oxygens (including phenoxy) is 1. The Morgan fingerprint density at radius 1 is 1.29 bits per heavy atom. The highest BCUT2D eigenvalue weighted by Gasteiger charge is 2.16. The van der Waals surface area contributed by atoms with Crippen molar-refractivity contribution in [2.75, 3.05) is 0 Å². The summed E-state index contributed by atoms with van der Waals surface area (Å²) in [4.78, 5) is 21.7. The molecule has 0 aromatic heterocycles. The maximum atomic E-state index is 11.3. The third-order valence-corrected chi connectivity index (χ3v) is 3.02. The standard InChI is InChI=1S/C14H11ClN2O4/c15-10-5-6-12(17(19)20)13(7-10)21-8-9-3-1-2-4-11(9)14(16)18/h1-7H,8H2,(H2,16,18). The molecule has 0 saturated carbocycles. The van der Waals surface area contributed by atoms with Crippen LogP contribution >= 0.6 is 11.6 Å². The minimum Gasteiger partial charge on any atom is -0.482 e. The van der Waals surface area contributed by atoms with Crippen molar-refractivity contribution in [1.29, 1.82) is 0 Å². The van der Waals surface area contributed by atoms with Crippen LogP contribution in [0.2, 0.25) is 5.02 Å². The number of benzene rings is 2. The smallest absolute Gasteiger partial charge is 0.311 e. The second-order valence-electron chi connectivity index (χ2n) is 4.18. The summed E-state index contributed by atoms with van der Waals surface area (Å²) < 4.78 is 5.42. The Morgan fingerprint density at radius 3 is 2.67 bits per heavy atom. The number of rotatable bonds is 5. The first-order valence-corrected chi connectivity index (χ1v) is 6.31. The van der Waals surface area contributed by atoms with Gasteiger partial charge in [0.1, 0.15) is 6.61 Å². The van der Waals surface area contributed by atoms with Crippen LogP contribution in [0.4, 0.5) is 5.69 Å². The molecule has 1 amide bonds. The van der Waals surface area contributed by atoms with E-state index in [4.69, 9.17) is 22.1 Å². The van der Waals surface area contributed by atoms with E-state index < -0.39 is 10.8 Å². The van der Waals surface area contributed by atoms with E-state index in [2.05, 4.69) is 0 Å². The second kappa shape index (κ2) is 6.23. The number of halogens is 1. The molecule has 0 aliphatic rings. The van der Waals surface area contributed by atoms with Crippen molar-refractivity contribution in [3.8, 4) is 5.75 Å². The number of nitrogens with two attached hydrogens (primary N) is 1. The largest absolute Gasteiger partial charge is 0.482 e. The molecule has 0 bridgehead atoms. The quantitative estimate of drug-likeness (QED) is 0.678. The Kier molecular flexibility index (Phi) is 4.39. The van der Waals surface area contributed by atoms with Crippen LogP contribution in [0.1, 0.15) is 15.9 Å². The Balaban J connectivity index is 2.27. The highest BCUT2D eigenvalue weighted by atomic mass is 35.5. The van der Waals surface area contributed by atoms with E-state index in [0.29, 0.717) is 16.1 Å². The van der Waals surface area contributed by atoms with Gasteiger partial charge in [-0.25, -0.2) is 0 Å². The summed E-state index contributed by atoms with van der Waals surface area (Å²) >= 11 is 5.81. The second-order valence-corrected chi connectivity index (χ2v) is 4.62.